The minimum atomic E-state index is -3.78. The maximum Gasteiger partial charge on any atom is 0.238 e. The van der Waals surface area contributed by atoms with Crippen LogP contribution in [0.2, 0.25) is 0 Å². The quantitative estimate of drug-likeness (QED) is 0.666. The zero-order chi connectivity index (χ0) is 9.19. The number of carbonyl (C=O) groups is 1. The van der Waals surface area contributed by atoms with Crippen molar-refractivity contribution < 1.29 is 13.2 Å². The third-order valence-electron chi connectivity index (χ3n) is 1.35. The average Bonchev–Trinajstić information content (AvgIpc) is 2.03. The SMILES string of the molecule is NS(=O)(=O)c1ccccc1C=O. The molecule has 1 aromatic rings. The normalized spacial score (nSPS) is 11.1. The van der Waals surface area contributed by atoms with Gasteiger partial charge < -0.3 is 0 Å². The minimum absolute atomic E-state index is 0.0833. The van der Waals surface area contributed by atoms with Gasteiger partial charge in [-0.3, -0.25) is 4.79 Å². The summed E-state index contributed by atoms with van der Waals surface area (Å²) in [6.45, 7) is 0. The van der Waals surface area contributed by atoms with Crippen LogP contribution in [-0.2, 0) is 10.0 Å². The van der Waals surface area contributed by atoms with Crippen molar-refractivity contribution in [2.75, 3.05) is 0 Å². The van der Waals surface area contributed by atoms with Gasteiger partial charge in [0.05, 0.1) is 4.90 Å². The van der Waals surface area contributed by atoms with Crippen LogP contribution < -0.4 is 5.14 Å². The van der Waals surface area contributed by atoms with E-state index in [1.54, 1.807) is 6.07 Å². The summed E-state index contributed by atoms with van der Waals surface area (Å²) in [6.07, 6.45) is 0.458. The third kappa shape index (κ3) is 1.69. The van der Waals surface area contributed by atoms with Crippen LogP contribution in [0, 0.1) is 0 Å². The molecule has 5 heteroatoms. The number of hydrogen-bond acceptors (Lipinski definition) is 3. The summed E-state index contributed by atoms with van der Waals surface area (Å²) in [7, 11) is -3.78. The molecular weight excluding hydrogens is 178 g/mol. The number of hydrogen-bond donors (Lipinski definition) is 1. The molecule has 0 bridgehead atoms. The minimum Gasteiger partial charge on any atom is -0.298 e. The number of primary sulfonamides is 1. The van der Waals surface area contributed by atoms with Crippen molar-refractivity contribution in [3.05, 3.63) is 29.8 Å². The molecule has 0 radical (unpaired) electrons. The lowest BCUT2D eigenvalue weighted by Gasteiger charge is -1.99. The third-order valence-corrected chi connectivity index (χ3v) is 2.34. The van der Waals surface area contributed by atoms with Crippen LogP contribution in [0.4, 0.5) is 0 Å². The first kappa shape index (κ1) is 8.89. The standard InChI is InChI=1S/C7H7NO3S/c8-12(10,11)7-4-2-1-3-6(7)5-9/h1-5H,(H2,8,10,11). The van der Waals surface area contributed by atoms with Crippen molar-refractivity contribution in [3.8, 4) is 0 Å². The number of nitrogens with two attached hydrogens (primary N) is 1. The van der Waals surface area contributed by atoms with E-state index in [1.807, 2.05) is 0 Å². The Labute approximate surface area is 70.1 Å². The molecule has 0 saturated carbocycles. The number of rotatable bonds is 2. The van der Waals surface area contributed by atoms with Crippen LogP contribution in [0.15, 0.2) is 29.2 Å². The van der Waals surface area contributed by atoms with Crippen LogP contribution in [0.1, 0.15) is 10.4 Å². The number of sulfonamides is 1. The average molecular weight is 185 g/mol. The van der Waals surface area contributed by atoms with Crippen LogP contribution in [0.5, 0.6) is 0 Å². The Morgan fingerprint density at radius 3 is 2.25 bits per heavy atom. The monoisotopic (exact) mass is 185 g/mol. The molecule has 1 aromatic carbocycles. The summed E-state index contributed by atoms with van der Waals surface area (Å²) in [5.41, 5.74) is 0.0833. The highest BCUT2D eigenvalue weighted by Crippen LogP contribution is 2.10. The first-order valence-electron chi connectivity index (χ1n) is 3.12. The summed E-state index contributed by atoms with van der Waals surface area (Å²) >= 11 is 0. The zero-order valence-corrected chi connectivity index (χ0v) is 6.91. The second-order valence-corrected chi connectivity index (χ2v) is 3.73. The Morgan fingerprint density at radius 1 is 1.25 bits per heavy atom. The Hall–Kier alpha value is -1.20. The molecule has 0 aliphatic carbocycles. The fourth-order valence-electron chi connectivity index (χ4n) is 0.837. The zero-order valence-electron chi connectivity index (χ0n) is 6.10. The molecule has 4 nitrogen and oxygen atoms in total. The van der Waals surface area contributed by atoms with Gasteiger partial charge in [0.1, 0.15) is 0 Å². The second-order valence-electron chi connectivity index (χ2n) is 2.20. The second kappa shape index (κ2) is 3.04. The van der Waals surface area contributed by atoms with Crippen LogP contribution in [-0.4, -0.2) is 14.7 Å². The van der Waals surface area contributed by atoms with E-state index < -0.39 is 10.0 Å². The van der Waals surface area contributed by atoms with Crippen molar-refractivity contribution in [1.82, 2.24) is 0 Å². The Kier molecular flexibility index (Phi) is 2.25. The van der Waals surface area contributed by atoms with E-state index in [4.69, 9.17) is 5.14 Å². The number of carbonyl (C=O) groups excluding carboxylic acids is 1. The molecule has 0 aliphatic rings. The van der Waals surface area contributed by atoms with Gasteiger partial charge in [-0.05, 0) is 6.07 Å². The Morgan fingerprint density at radius 2 is 1.83 bits per heavy atom. The largest absolute Gasteiger partial charge is 0.298 e. The van der Waals surface area contributed by atoms with Crippen LogP contribution >= 0.6 is 0 Å². The van der Waals surface area contributed by atoms with Crippen molar-refractivity contribution >= 4 is 16.3 Å². The molecule has 2 N–H and O–H groups in total. The molecule has 1 rings (SSSR count). The lowest BCUT2D eigenvalue weighted by molar-refractivity contribution is 0.112. The van der Waals surface area contributed by atoms with Gasteiger partial charge >= 0.3 is 0 Å². The maximum atomic E-state index is 10.8. The smallest absolute Gasteiger partial charge is 0.238 e. The molecule has 0 spiro atoms. The van der Waals surface area contributed by atoms with Gasteiger partial charge in [-0.1, -0.05) is 18.2 Å². The topological polar surface area (TPSA) is 77.2 Å². The fourth-order valence-corrected chi connectivity index (χ4v) is 1.55. The fraction of sp³-hybridized carbons (Fsp3) is 0. The molecular formula is C7H7NO3S. The summed E-state index contributed by atoms with van der Waals surface area (Å²) in [5.74, 6) is 0. The lowest BCUT2D eigenvalue weighted by Crippen LogP contribution is -2.14. The number of aldehydes is 1. The van der Waals surface area contributed by atoms with E-state index in [-0.39, 0.29) is 10.5 Å². The van der Waals surface area contributed by atoms with E-state index >= 15 is 0 Å². The summed E-state index contributed by atoms with van der Waals surface area (Å²) in [5, 5.41) is 4.85. The van der Waals surface area contributed by atoms with Crippen LogP contribution in [0.25, 0.3) is 0 Å². The van der Waals surface area contributed by atoms with Crippen molar-refractivity contribution in [2.24, 2.45) is 5.14 Å². The molecule has 0 amide bonds. The highest BCUT2D eigenvalue weighted by molar-refractivity contribution is 7.89. The van der Waals surface area contributed by atoms with Gasteiger partial charge in [-0.15, -0.1) is 0 Å². The van der Waals surface area contributed by atoms with Gasteiger partial charge in [0.15, 0.2) is 6.29 Å². The molecule has 0 unspecified atom stereocenters. The molecule has 12 heavy (non-hydrogen) atoms. The van der Waals surface area contributed by atoms with Crippen LogP contribution in [0.3, 0.4) is 0 Å². The van der Waals surface area contributed by atoms with E-state index in [2.05, 4.69) is 0 Å². The molecule has 0 fully saturated rings. The predicted octanol–water partition coefficient (Wildman–Crippen LogP) is 0.147. The van der Waals surface area contributed by atoms with E-state index in [0.29, 0.717) is 6.29 Å². The van der Waals surface area contributed by atoms with Crippen molar-refractivity contribution in [1.29, 1.82) is 0 Å². The van der Waals surface area contributed by atoms with Gasteiger partial charge in [0.25, 0.3) is 0 Å². The Bertz CT molecular complexity index is 397. The summed E-state index contributed by atoms with van der Waals surface area (Å²) in [4.78, 5) is 10.2. The first-order chi connectivity index (χ1) is 5.55. The van der Waals surface area contributed by atoms with E-state index in [0.717, 1.165) is 0 Å². The lowest BCUT2D eigenvalue weighted by atomic mass is 10.2. The summed E-state index contributed by atoms with van der Waals surface area (Å²) in [6, 6.07) is 5.76. The first-order valence-corrected chi connectivity index (χ1v) is 4.67. The van der Waals surface area contributed by atoms with Crippen molar-refractivity contribution in [2.45, 2.75) is 4.90 Å². The van der Waals surface area contributed by atoms with Crippen molar-refractivity contribution in [3.63, 3.8) is 0 Å². The van der Waals surface area contributed by atoms with E-state index in [1.165, 1.54) is 18.2 Å². The molecule has 0 saturated heterocycles. The Balaban J connectivity index is 3.43. The van der Waals surface area contributed by atoms with Gasteiger partial charge in [-0.2, -0.15) is 0 Å². The van der Waals surface area contributed by atoms with Gasteiger partial charge in [0.2, 0.25) is 10.0 Å². The number of benzene rings is 1. The summed E-state index contributed by atoms with van der Waals surface area (Å²) < 4.78 is 21.7. The molecule has 64 valence electrons. The van der Waals surface area contributed by atoms with Gasteiger partial charge in [-0.25, -0.2) is 13.6 Å². The predicted molar refractivity (Wildman–Crippen MR) is 43.2 cm³/mol. The molecule has 0 heterocycles. The molecule has 0 atom stereocenters. The van der Waals surface area contributed by atoms with Gasteiger partial charge in [0, 0.05) is 5.56 Å². The molecule has 0 aromatic heterocycles. The molecule has 0 aliphatic heterocycles. The van der Waals surface area contributed by atoms with E-state index in [9.17, 15) is 13.2 Å². The maximum absolute atomic E-state index is 10.8. The highest BCUT2D eigenvalue weighted by atomic mass is 32.2. The highest BCUT2D eigenvalue weighted by Gasteiger charge is 2.11.